The first kappa shape index (κ1) is 17.2. The van der Waals surface area contributed by atoms with E-state index in [0.717, 1.165) is 59.5 Å². The third kappa shape index (κ3) is 4.68. The van der Waals surface area contributed by atoms with Crippen molar-refractivity contribution in [2.75, 3.05) is 59.5 Å². The molecule has 4 saturated heterocycles. The molecule has 0 radical (unpaired) electrons. The second-order valence-corrected chi connectivity index (χ2v) is 7.89. The molecule has 4 aliphatic heterocycles. The van der Waals surface area contributed by atoms with Crippen LogP contribution in [-0.4, -0.2) is 92.5 Å². The van der Waals surface area contributed by atoms with Crippen molar-refractivity contribution in [3.8, 4) is 0 Å². The summed E-state index contributed by atoms with van der Waals surface area (Å²) >= 11 is 0. The lowest BCUT2D eigenvalue weighted by molar-refractivity contribution is -0.0763. The highest BCUT2D eigenvalue weighted by molar-refractivity contribution is 4.80. The van der Waals surface area contributed by atoms with Crippen LogP contribution in [0.2, 0.25) is 0 Å². The average Bonchev–Trinajstić information content (AvgIpc) is 3.30. The Kier molecular flexibility index (Phi) is 6.04. The van der Waals surface area contributed by atoms with E-state index in [1.165, 1.54) is 38.5 Å². The van der Waals surface area contributed by atoms with E-state index in [1.807, 2.05) is 0 Å². The van der Waals surface area contributed by atoms with E-state index < -0.39 is 0 Å². The van der Waals surface area contributed by atoms with Gasteiger partial charge >= 0.3 is 0 Å². The zero-order valence-electron chi connectivity index (χ0n) is 14.9. The molecule has 0 bridgehead atoms. The Morgan fingerprint density at radius 1 is 0.542 bits per heavy atom. The standard InChI is InChI=1S/C18H33N3O3/c1-4-16(22-7-1)10-19-13-20(11-17-5-2-8-23-17)15-21(14-19)12-18-6-3-9-24-18/h16-18H,1-15H2/t16-,17-,18+/m0/s1. The average molecular weight is 339 g/mol. The number of ether oxygens (including phenoxy) is 3. The summed E-state index contributed by atoms with van der Waals surface area (Å²) in [6.07, 6.45) is 8.59. The molecule has 4 heterocycles. The van der Waals surface area contributed by atoms with Gasteiger partial charge in [0.25, 0.3) is 0 Å². The van der Waals surface area contributed by atoms with Crippen LogP contribution in [0.25, 0.3) is 0 Å². The lowest BCUT2D eigenvalue weighted by Crippen LogP contribution is -2.58. The molecule has 138 valence electrons. The minimum absolute atomic E-state index is 0.428. The number of hydrogen-bond acceptors (Lipinski definition) is 6. The molecule has 0 aromatic carbocycles. The summed E-state index contributed by atoms with van der Waals surface area (Å²) in [5, 5.41) is 0. The van der Waals surface area contributed by atoms with Crippen molar-refractivity contribution < 1.29 is 14.2 Å². The fourth-order valence-electron chi connectivity index (χ4n) is 4.56. The topological polar surface area (TPSA) is 37.4 Å². The van der Waals surface area contributed by atoms with Gasteiger partial charge in [0.2, 0.25) is 0 Å². The molecule has 24 heavy (non-hydrogen) atoms. The number of hydrogen-bond donors (Lipinski definition) is 0. The zero-order valence-corrected chi connectivity index (χ0v) is 14.9. The highest BCUT2D eigenvalue weighted by Gasteiger charge is 2.31. The minimum Gasteiger partial charge on any atom is -0.377 e. The Morgan fingerprint density at radius 2 is 0.875 bits per heavy atom. The zero-order chi connectivity index (χ0) is 16.2. The molecule has 0 aromatic rings. The molecule has 0 amide bonds. The maximum Gasteiger partial charge on any atom is 0.0703 e. The van der Waals surface area contributed by atoms with E-state index in [9.17, 15) is 0 Å². The summed E-state index contributed by atoms with van der Waals surface area (Å²) in [6.45, 7) is 9.14. The van der Waals surface area contributed by atoms with Gasteiger partial charge in [-0.3, -0.25) is 14.7 Å². The van der Waals surface area contributed by atoms with Gasteiger partial charge in [0, 0.05) is 39.5 Å². The monoisotopic (exact) mass is 339 g/mol. The molecule has 6 heteroatoms. The van der Waals surface area contributed by atoms with Crippen LogP contribution in [0.1, 0.15) is 38.5 Å². The predicted octanol–water partition coefficient (Wildman–Crippen LogP) is 1.32. The summed E-state index contributed by atoms with van der Waals surface area (Å²) in [4.78, 5) is 7.68. The molecule has 6 nitrogen and oxygen atoms in total. The Labute approximate surface area is 146 Å². The second kappa shape index (κ2) is 8.43. The quantitative estimate of drug-likeness (QED) is 0.726. The van der Waals surface area contributed by atoms with Crippen LogP contribution in [0.15, 0.2) is 0 Å². The molecule has 4 aliphatic rings. The van der Waals surface area contributed by atoms with Gasteiger partial charge in [-0.15, -0.1) is 0 Å². The molecule has 4 rings (SSSR count). The van der Waals surface area contributed by atoms with Crippen LogP contribution in [-0.2, 0) is 14.2 Å². The molecule has 3 atom stereocenters. The molecule has 4 fully saturated rings. The van der Waals surface area contributed by atoms with Crippen molar-refractivity contribution in [2.45, 2.75) is 56.8 Å². The van der Waals surface area contributed by atoms with Crippen LogP contribution in [0, 0.1) is 0 Å². The van der Waals surface area contributed by atoms with E-state index >= 15 is 0 Å². The van der Waals surface area contributed by atoms with Crippen LogP contribution in [0.3, 0.4) is 0 Å². The van der Waals surface area contributed by atoms with Crippen molar-refractivity contribution >= 4 is 0 Å². The van der Waals surface area contributed by atoms with Gasteiger partial charge in [0.1, 0.15) is 0 Å². The first-order chi connectivity index (χ1) is 11.8. The maximum atomic E-state index is 5.86. The molecule has 0 unspecified atom stereocenters. The molecule has 0 aliphatic carbocycles. The largest absolute Gasteiger partial charge is 0.377 e. The molecule has 0 spiro atoms. The SMILES string of the molecule is C1CO[C@@H](CN2CN(C[C@@H]3CCCO3)CN(C[C@@H]3CCCO3)C2)C1. The van der Waals surface area contributed by atoms with Crippen molar-refractivity contribution in [3.63, 3.8) is 0 Å². The Balaban J connectivity index is 1.33. The summed E-state index contributed by atoms with van der Waals surface area (Å²) in [5.41, 5.74) is 0. The second-order valence-electron chi connectivity index (χ2n) is 7.89. The van der Waals surface area contributed by atoms with E-state index in [4.69, 9.17) is 14.2 Å². The Bertz CT molecular complexity index is 317. The third-order valence-electron chi connectivity index (χ3n) is 5.66. The summed E-state index contributed by atoms with van der Waals surface area (Å²) < 4.78 is 17.6. The maximum absolute atomic E-state index is 5.86. The molecular weight excluding hydrogens is 306 g/mol. The van der Waals surface area contributed by atoms with Gasteiger partial charge in [-0.2, -0.15) is 0 Å². The molecular formula is C18H33N3O3. The lowest BCUT2D eigenvalue weighted by Gasteiger charge is -2.44. The highest BCUT2D eigenvalue weighted by Crippen LogP contribution is 2.20. The van der Waals surface area contributed by atoms with Gasteiger partial charge in [-0.05, 0) is 38.5 Å². The van der Waals surface area contributed by atoms with Gasteiger partial charge in [-0.25, -0.2) is 0 Å². The van der Waals surface area contributed by atoms with Crippen LogP contribution in [0.5, 0.6) is 0 Å². The van der Waals surface area contributed by atoms with Crippen molar-refractivity contribution in [3.05, 3.63) is 0 Å². The highest BCUT2D eigenvalue weighted by atomic mass is 16.5. The van der Waals surface area contributed by atoms with Crippen molar-refractivity contribution in [1.82, 2.24) is 14.7 Å². The fourth-order valence-corrected chi connectivity index (χ4v) is 4.56. The molecule has 0 aromatic heterocycles. The van der Waals surface area contributed by atoms with Crippen LogP contribution in [0.4, 0.5) is 0 Å². The Morgan fingerprint density at radius 3 is 1.12 bits per heavy atom. The van der Waals surface area contributed by atoms with Gasteiger partial charge in [-0.1, -0.05) is 0 Å². The summed E-state index contributed by atoms with van der Waals surface area (Å²) in [6, 6.07) is 0. The minimum atomic E-state index is 0.428. The first-order valence-electron chi connectivity index (χ1n) is 9.87. The molecule has 0 N–H and O–H groups in total. The summed E-state index contributed by atoms with van der Waals surface area (Å²) in [5.74, 6) is 0. The third-order valence-corrected chi connectivity index (χ3v) is 5.66. The predicted molar refractivity (Wildman–Crippen MR) is 91.6 cm³/mol. The van der Waals surface area contributed by atoms with Crippen LogP contribution < -0.4 is 0 Å². The van der Waals surface area contributed by atoms with Crippen molar-refractivity contribution in [2.24, 2.45) is 0 Å². The van der Waals surface area contributed by atoms with E-state index in [1.54, 1.807) is 0 Å². The van der Waals surface area contributed by atoms with E-state index in [-0.39, 0.29) is 0 Å². The summed E-state index contributed by atoms with van der Waals surface area (Å²) in [7, 11) is 0. The lowest BCUT2D eigenvalue weighted by atomic mass is 10.2. The van der Waals surface area contributed by atoms with Gasteiger partial charge in [0.15, 0.2) is 0 Å². The van der Waals surface area contributed by atoms with Crippen molar-refractivity contribution in [1.29, 1.82) is 0 Å². The smallest absolute Gasteiger partial charge is 0.0703 e. The number of nitrogens with zero attached hydrogens (tertiary/aromatic N) is 3. The Hall–Kier alpha value is -0.240. The number of rotatable bonds is 6. The van der Waals surface area contributed by atoms with Gasteiger partial charge in [0.05, 0.1) is 38.3 Å². The normalized spacial score (nSPS) is 36.8. The van der Waals surface area contributed by atoms with Gasteiger partial charge < -0.3 is 14.2 Å². The fraction of sp³-hybridized carbons (Fsp3) is 1.00. The molecule has 0 saturated carbocycles. The van der Waals surface area contributed by atoms with E-state index in [2.05, 4.69) is 14.7 Å². The van der Waals surface area contributed by atoms with Crippen LogP contribution >= 0.6 is 0 Å². The first-order valence-corrected chi connectivity index (χ1v) is 9.87. The van der Waals surface area contributed by atoms with E-state index in [0.29, 0.717) is 18.3 Å².